The van der Waals surface area contributed by atoms with Gasteiger partial charge in [-0.25, -0.2) is 0 Å². The van der Waals surface area contributed by atoms with Crippen LogP contribution in [0, 0.1) is 5.92 Å². The van der Waals surface area contributed by atoms with Gasteiger partial charge >= 0.3 is 0 Å². The molecule has 0 saturated heterocycles. The molecule has 0 heterocycles. The second kappa shape index (κ2) is 7.20. The van der Waals surface area contributed by atoms with E-state index in [-0.39, 0.29) is 6.61 Å². The maximum atomic E-state index is 8.89. The van der Waals surface area contributed by atoms with Crippen molar-refractivity contribution in [2.24, 2.45) is 5.92 Å². The van der Waals surface area contributed by atoms with Gasteiger partial charge in [0.25, 0.3) is 0 Å². The molecule has 3 heteroatoms. The molecule has 3 nitrogen and oxygen atoms in total. The van der Waals surface area contributed by atoms with Crippen LogP contribution in [0.1, 0.15) is 32.1 Å². The Kier molecular flexibility index (Phi) is 6.22. The van der Waals surface area contributed by atoms with E-state index in [1.807, 2.05) is 0 Å². The van der Waals surface area contributed by atoms with Crippen molar-refractivity contribution in [3.05, 3.63) is 0 Å². The zero-order valence-electron chi connectivity index (χ0n) is 10.2. The maximum absolute atomic E-state index is 8.89. The smallest absolute Gasteiger partial charge is 0.0558 e. The number of likely N-dealkylation sites (N-methyl/N-ethyl adjacent to an activating group) is 1. The van der Waals surface area contributed by atoms with Gasteiger partial charge in [0, 0.05) is 19.1 Å². The van der Waals surface area contributed by atoms with E-state index in [1.165, 1.54) is 32.1 Å². The van der Waals surface area contributed by atoms with Crippen LogP contribution in [0.25, 0.3) is 0 Å². The molecule has 0 amide bonds. The van der Waals surface area contributed by atoms with Gasteiger partial charge in [-0.1, -0.05) is 19.3 Å². The monoisotopic (exact) mass is 214 g/mol. The number of nitrogens with zero attached hydrogens (tertiary/aromatic N) is 1. The average molecular weight is 214 g/mol. The van der Waals surface area contributed by atoms with Crippen LogP contribution in [0.4, 0.5) is 0 Å². The lowest BCUT2D eigenvalue weighted by atomic mass is 9.94. The fourth-order valence-electron chi connectivity index (χ4n) is 2.65. The fourth-order valence-corrected chi connectivity index (χ4v) is 2.65. The molecule has 1 aliphatic rings. The summed E-state index contributed by atoms with van der Waals surface area (Å²) in [7, 11) is 4.18. The Bertz CT molecular complexity index is 164. The molecule has 0 spiro atoms. The van der Waals surface area contributed by atoms with Crippen LogP contribution in [0.3, 0.4) is 0 Å². The molecule has 1 fully saturated rings. The highest BCUT2D eigenvalue weighted by molar-refractivity contribution is 4.80. The molecule has 0 aromatic carbocycles. The van der Waals surface area contributed by atoms with Gasteiger partial charge in [-0.15, -0.1) is 0 Å². The molecule has 2 unspecified atom stereocenters. The summed E-state index contributed by atoms with van der Waals surface area (Å²) in [6, 6.07) is 0.675. The van der Waals surface area contributed by atoms with Crippen LogP contribution in [0.2, 0.25) is 0 Å². The van der Waals surface area contributed by atoms with Crippen LogP contribution in [-0.2, 0) is 0 Å². The van der Waals surface area contributed by atoms with E-state index < -0.39 is 0 Å². The average Bonchev–Trinajstić information content (AvgIpc) is 2.43. The number of nitrogens with one attached hydrogen (secondary N) is 1. The Balaban J connectivity index is 2.40. The molecule has 0 aliphatic heterocycles. The van der Waals surface area contributed by atoms with Crippen molar-refractivity contribution in [1.82, 2.24) is 10.2 Å². The topological polar surface area (TPSA) is 35.5 Å². The summed E-state index contributed by atoms with van der Waals surface area (Å²) in [4.78, 5) is 2.25. The molecular weight excluding hydrogens is 188 g/mol. The molecule has 1 rings (SSSR count). The summed E-state index contributed by atoms with van der Waals surface area (Å²) in [6.07, 6.45) is 6.77. The van der Waals surface area contributed by atoms with Gasteiger partial charge in [-0.3, -0.25) is 0 Å². The Morgan fingerprint density at radius 1 is 1.27 bits per heavy atom. The van der Waals surface area contributed by atoms with Crippen LogP contribution >= 0.6 is 0 Å². The van der Waals surface area contributed by atoms with Gasteiger partial charge in [0.2, 0.25) is 0 Å². The van der Waals surface area contributed by atoms with Gasteiger partial charge in [0.05, 0.1) is 6.61 Å². The normalized spacial score (nSPS) is 28.0. The fraction of sp³-hybridized carbons (Fsp3) is 1.00. The minimum Gasteiger partial charge on any atom is -0.395 e. The standard InChI is InChI=1S/C12H26N2O/c1-13-12-7-5-3-4-6-11(12)10-14(2)8-9-15/h11-13,15H,3-10H2,1-2H3. The molecule has 0 radical (unpaired) electrons. The van der Waals surface area contributed by atoms with E-state index in [0.717, 1.165) is 19.0 Å². The molecule has 1 saturated carbocycles. The SMILES string of the molecule is CNC1CCCCCC1CN(C)CCO. The molecule has 2 N–H and O–H groups in total. The van der Waals surface area contributed by atoms with Crippen molar-refractivity contribution in [2.45, 2.75) is 38.1 Å². The molecule has 0 aromatic rings. The highest BCUT2D eigenvalue weighted by Crippen LogP contribution is 2.23. The second-order valence-corrected chi connectivity index (χ2v) is 4.78. The third-order valence-corrected chi connectivity index (χ3v) is 3.56. The summed E-state index contributed by atoms with van der Waals surface area (Å²) < 4.78 is 0. The summed E-state index contributed by atoms with van der Waals surface area (Å²) >= 11 is 0. The van der Waals surface area contributed by atoms with Crippen LogP contribution in [0.15, 0.2) is 0 Å². The number of hydrogen-bond donors (Lipinski definition) is 2. The maximum Gasteiger partial charge on any atom is 0.0558 e. The first-order valence-electron chi connectivity index (χ1n) is 6.24. The van der Waals surface area contributed by atoms with E-state index in [2.05, 4.69) is 24.3 Å². The molecule has 90 valence electrons. The lowest BCUT2D eigenvalue weighted by molar-refractivity contribution is 0.183. The number of aliphatic hydroxyl groups excluding tert-OH is 1. The molecule has 0 aromatic heterocycles. The zero-order chi connectivity index (χ0) is 11.1. The largest absolute Gasteiger partial charge is 0.395 e. The molecule has 15 heavy (non-hydrogen) atoms. The Labute approximate surface area is 93.9 Å². The lowest BCUT2D eigenvalue weighted by Gasteiger charge is -2.28. The van der Waals surface area contributed by atoms with Gasteiger partial charge in [-0.2, -0.15) is 0 Å². The third-order valence-electron chi connectivity index (χ3n) is 3.56. The second-order valence-electron chi connectivity index (χ2n) is 4.78. The van der Waals surface area contributed by atoms with E-state index in [4.69, 9.17) is 5.11 Å². The summed E-state index contributed by atoms with van der Waals surface area (Å²) in [6.45, 7) is 2.19. The lowest BCUT2D eigenvalue weighted by Crippen LogP contribution is -2.40. The predicted octanol–water partition coefficient (Wildman–Crippen LogP) is 1.08. The third kappa shape index (κ3) is 4.49. The Morgan fingerprint density at radius 2 is 2.00 bits per heavy atom. The quantitative estimate of drug-likeness (QED) is 0.672. The van der Waals surface area contributed by atoms with Gasteiger partial charge in [0.15, 0.2) is 0 Å². The highest BCUT2D eigenvalue weighted by atomic mass is 16.3. The van der Waals surface area contributed by atoms with Crippen LogP contribution in [0.5, 0.6) is 0 Å². The van der Waals surface area contributed by atoms with Crippen molar-refractivity contribution >= 4 is 0 Å². The van der Waals surface area contributed by atoms with E-state index >= 15 is 0 Å². The van der Waals surface area contributed by atoms with Crippen molar-refractivity contribution in [2.75, 3.05) is 33.8 Å². The van der Waals surface area contributed by atoms with Crippen molar-refractivity contribution < 1.29 is 5.11 Å². The summed E-state index contributed by atoms with van der Waals surface area (Å²) in [5, 5.41) is 12.3. The predicted molar refractivity (Wildman–Crippen MR) is 64.0 cm³/mol. The number of aliphatic hydroxyl groups is 1. The van der Waals surface area contributed by atoms with E-state index in [0.29, 0.717) is 6.04 Å². The van der Waals surface area contributed by atoms with Gasteiger partial charge < -0.3 is 15.3 Å². The molecule has 2 atom stereocenters. The summed E-state index contributed by atoms with van der Waals surface area (Å²) in [5.74, 6) is 0.758. The Morgan fingerprint density at radius 3 is 2.67 bits per heavy atom. The van der Waals surface area contributed by atoms with Crippen LogP contribution in [-0.4, -0.2) is 49.8 Å². The molecule has 1 aliphatic carbocycles. The van der Waals surface area contributed by atoms with Crippen LogP contribution < -0.4 is 5.32 Å². The first kappa shape index (κ1) is 12.9. The molecule has 0 bridgehead atoms. The van der Waals surface area contributed by atoms with E-state index in [9.17, 15) is 0 Å². The van der Waals surface area contributed by atoms with Gasteiger partial charge in [-0.05, 0) is 32.9 Å². The first-order valence-corrected chi connectivity index (χ1v) is 6.24. The minimum absolute atomic E-state index is 0.271. The number of rotatable bonds is 5. The van der Waals surface area contributed by atoms with Crippen molar-refractivity contribution in [1.29, 1.82) is 0 Å². The molecular formula is C12H26N2O. The summed E-state index contributed by atoms with van der Waals surface area (Å²) in [5.41, 5.74) is 0. The minimum atomic E-state index is 0.271. The van der Waals surface area contributed by atoms with Crippen molar-refractivity contribution in [3.63, 3.8) is 0 Å². The van der Waals surface area contributed by atoms with Gasteiger partial charge in [0.1, 0.15) is 0 Å². The van der Waals surface area contributed by atoms with E-state index in [1.54, 1.807) is 0 Å². The first-order chi connectivity index (χ1) is 7.27. The van der Waals surface area contributed by atoms with Crippen molar-refractivity contribution in [3.8, 4) is 0 Å². The Hall–Kier alpha value is -0.120. The number of hydrogen-bond acceptors (Lipinski definition) is 3. The highest BCUT2D eigenvalue weighted by Gasteiger charge is 2.23. The zero-order valence-corrected chi connectivity index (χ0v) is 10.2.